The third kappa shape index (κ3) is 1.68. The third-order valence-corrected chi connectivity index (χ3v) is 3.66. The van der Waals surface area contributed by atoms with Crippen molar-refractivity contribution in [3.05, 3.63) is 35.4 Å². The van der Waals surface area contributed by atoms with Crippen molar-refractivity contribution in [1.82, 2.24) is 10.2 Å². The fourth-order valence-electron chi connectivity index (χ4n) is 2.88. The van der Waals surface area contributed by atoms with Crippen molar-refractivity contribution in [3.63, 3.8) is 0 Å². The number of rotatable bonds is 0. The maximum Gasteiger partial charge on any atom is 0.0475 e. The summed E-state index contributed by atoms with van der Waals surface area (Å²) in [5.74, 6) is 0. The van der Waals surface area contributed by atoms with Gasteiger partial charge in [0.15, 0.2) is 0 Å². The lowest BCUT2D eigenvalue weighted by atomic mass is 9.98. The van der Waals surface area contributed by atoms with Crippen LogP contribution in [0, 0.1) is 0 Å². The Morgan fingerprint density at radius 1 is 1.20 bits per heavy atom. The highest BCUT2D eigenvalue weighted by Gasteiger charge is 2.26. The first-order valence-electron chi connectivity index (χ1n) is 5.98. The van der Waals surface area contributed by atoms with Crippen LogP contribution in [0.1, 0.15) is 23.6 Å². The Morgan fingerprint density at radius 2 is 2.13 bits per heavy atom. The molecule has 0 radical (unpaired) electrons. The van der Waals surface area contributed by atoms with Gasteiger partial charge in [-0.15, -0.1) is 0 Å². The Morgan fingerprint density at radius 3 is 3.13 bits per heavy atom. The maximum absolute atomic E-state index is 3.51. The molecule has 2 aliphatic rings. The summed E-state index contributed by atoms with van der Waals surface area (Å²) in [4.78, 5) is 2.64. The molecule has 0 aliphatic carbocycles. The quantitative estimate of drug-likeness (QED) is 0.687. The molecule has 2 heteroatoms. The average molecular weight is 202 g/mol. The van der Waals surface area contributed by atoms with Crippen molar-refractivity contribution in [2.45, 2.75) is 18.9 Å². The van der Waals surface area contributed by atoms with E-state index in [-0.39, 0.29) is 0 Å². The lowest BCUT2D eigenvalue weighted by Crippen LogP contribution is -2.45. The zero-order valence-corrected chi connectivity index (χ0v) is 9.08. The summed E-state index contributed by atoms with van der Waals surface area (Å²) in [6.45, 7) is 4.75. The highest BCUT2D eigenvalue weighted by atomic mass is 15.2. The van der Waals surface area contributed by atoms with Crippen LogP contribution < -0.4 is 5.32 Å². The lowest BCUT2D eigenvalue weighted by Gasteiger charge is -2.35. The normalized spacial score (nSPS) is 26.5. The zero-order valence-electron chi connectivity index (χ0n) is 9.08. The molecule has 1 atom stereocenters. The van der Waals surface area contributed by atoms with E-state index in [1.54, 1.807) is 11.1 Å². The first-order valence-corrected chi connectivity index (χ1v) is 5.98. The van der Waals surface area contributed by atoms with Gasteiger partial charge in [-0.3, -0.25) is 4.90 Å². The minimum Gasteiger partial charge on any atom is -0.314 e. The number of fused-ring (bicyclic) bond motifs is 3. The van der Waals surface area contributed by atoms with Gasteiger partial charge in [0.25, 0.3) is 0 Å². The molecule has 80 valence electrons. The molecule has 1 aromatic carbocycles. The van der Waals surface area contributed by atoms with E-state index >= 15 is 0 Å². The summed E-state index contributed by atoms with van der Waals surface area (Å²) >= 11 is 0. The van der Waals surface area contributed by atoms with Gasteiger partial charge in [0.2, 0.25) is 0 Å². The first-order chi connectivity index (χ1) is 7.45. The van der Waals surface area contributed by atoms with Crippen molar-refractivity contribution in [3.8, 4) is 0 Å². The summed E-state index contributed by atoms with van der Waals surface area (Å²) in [6.07, 6.45) is 2.57. The van der Waals surface area contributed by atoms with E-state index in [4.69, 9.17) is 0 Å². The van der Waals surface area contributed by atoms with Crippen LogP contribution in [0.25, 0.3) is 0 Å². The molecule has 1 unspecified atom stereocenters. The molecule has 2 aliphatic heterocycles. The SMILES string of the molecule is c1ccc2c(c1)CCCN1CCNCC21. The van der Waals surface area contributed by atoms with Gasteiger partial charge in [0, 0.05) is 25.7 Å². The lowest BCUT2D eigenvalue weighted by molar-refractivity contribution is 0.166. The molecule has 2 nitrogen and oxygen atoms in total. The van der Waals surface area contributed by atoms with E-state index in [9.17, 15) is 0 Å². The monoisotopic (exact) mass is 202 g/mol. The number of aryl methyl sites for hydroxylation is 1. The molecule has 0 saturated carbocycles. The second-order valence-corrected chi connectivity index (χ2v) is 4.56. The van der Waals surface area contributed by atoms with Gasteiger partial charge in [-0.1, -0.05) is 24.3 Å². The molecule has 1 aromatic rings. The van der Waals surface area contributed by atoms with E-state index in [0.717, 1.165) is 13.1 Å². The largest absolute Gasteiger partial charge is 0.314 e. The maximum atomic E-state index is 3.51. The Kier molecular flexibility index (Phi) is 2.47. The van der Waals surface area contributed by atoms with E-state index in [2.05, 4.69) is 34.5 Å². The molecule has 3 rings (SSSR count). The molecule has 0 spiro atoms. The molecule has 0 bridgehead atoms. The molecule has 1 N–H and O–H groups in total. The predicted molar refractivity (Wildman–Crippen MR) is 61.9 cm³/mol. The summed E-state index contributed by atoms with van der Waals surface area (Å²) in [5, 5.41) is 3.51. The van der Waals surface area contributed by atoms with E-state index < -0.39 is 0 Å². The molecule has 1 fully saturated rings. The third-order valence-electron chi connectivity index (χ3n) is 3.66. The number of nitrogens with zero attached hydrogens (tertiary/aromatic N) is 1. The minimum absolute atomic E-state index is 0.623. The fourth-order valence-corrected chi connectivity index (χ4v) is 2.88. The van der Waals surface area contributed by atoms with E-state index in [1.165, 1.54) is 25.9 Å². The molecule has 0 amide bonds. The van der Waals surface area contributed by atoms with Crippen molar-refractivity contribution in [2.75, 3.05) is 26.2 Å². The van der Waals surface area contributed by atoms with Crippen molar-refractivity contribution in [2.24, 2.45) is 0 Å². The number of nitrogens with one attached hydrogen (secondary N) is 1. The Labute approximate surface area is 91.3 Å². The summed E-state index contributed by atoms with van der Waals surface area (Å²) in [5.41, 5.74) is 3.12. The molecule has 15 heavy (non-hydrogen) atoms. The van der Waals surface area contributed by atoms with Crippen LogP contribution >= 0.6 is 0 Å². The van der Waals surface area contributed by atoms with Crippen LogP contribution in [0.15, 0.2) is 24.3 Å². The van der Waals surface area contributed by atoms with Gasteiger partial charge in [0.05, 0.1) is 0 Å². The molecular weight excluding hydrogens is 184 g/mol. The molecular formula is C13H18N2. The highest BCUT2D eigenvalue weighted by Crippen LogP contribution is 2.29. The topological polar surface area (TPSA) is 15.3 Å². The van der Waals surface area contributed by atoms with Gasteiger partial charge >= 0.3 is 0 Å². The van der Waals surface area contributed by atoms with Gasteiger partial charge < -0.3 is 5.32 Å². The minimum atomic E-state index is 0.623. The highest BCUT2D eigenvalue weighted by molar-refractivity contribution is 5.31. The van der Waals surface area contributed by atoms with Gasteiger partial charge in [-0.2, -0.15) is 0 Å². The van der Waals surface area contributed by atoms with E-state index in [1.807, 2.05) is 0 Å². The van der Waals surface area contributed by atoms with Crippen LogP contribution in [0.3, 0.4) is 0 Å². The Balaban J connectivity index is 1.99. The van der Waals surface area contributed by atoms with Gasteiger partial charge in [0.1, 0.15) is 0 Å². The van der Waals surface area contributed by atoms with Crippen LogP contribution in [-0.4, -0.2) is 31.1 Å². The summed E-state index contributed by atoms with van der Waals surface area (Å²) < 4.78 is 0. The Hall–Kier alpha value is -0.860. The summed E-state index contributed by atoms with van der Waals surface area (Å²) in [6, 6.07) is 9.58. The second kappa shape index (κ2) is 3.95. The van der Waals surface area contributed by atoms with E-state index in [0.29, 0.717) is 6.04 Å². The summed E-state index contributed by atoms with van der Waals surface area (Å²) in [7, 11) is 0. The average Bonchev–Trinajstić information content (AvgIpc) is 2.48. The zero-order chi connectivity index (χ0) is 10.1. The van der Waals surface area contributed by atoms with Crippen molar-refractivity contribution >= 4 is 0 Å². The molecule has 0 aromatic heterocycles. The van der Waals surface area contributed by atoms with Gasteiger partial charge in [-0.25, -0.2) is 0 Å². The Bertz CT molecular complexity index is 348. The molecule has 1 saturated heterocycles. The van der Waals surface area contributed by atoms with Gasteiger partial charge in [-0.05, 0) is 30.5 Å². The fraction of sp³-hybridized carbons (Fsp3) is 0.538. The number of hydrogen-bond donors (Lipinski definition) is 1. The number of benzene rings is 1. The predicted octanol–water partition coefficient (Wildman–Crippen LogP) is 1.58. The first kappa shape index (κ1) is 9.37. The number of piperazine rings is 1. The van der Waals surface area contributed by atoms with Crippen molar-refractivity contribution in [1.29, 1.82) is 0 Å². The smallest absolute Gasteiger partial charge is 0.0475 e. The van der Waals surface area contributed by atoms with Crippen LogP contribution in [0.4, 0.5) is 0 Å². The standard InChI is InChI=1S/C13H18N2/c1-2-6-12-11(4-1)5-3-8-15-9-7-14-10-13(12)15/h1-2,4,6,13-14H,3,5,7-10H2. The van der Waals surface area contributed by atoms with Crippen LogP contribution in [0.2, 0.25) is 0 Å². The van der Waals surface area contributed by atoms with Crippen LogP contribution in [0.5, 0.6) is 0 Å². The number of hydrogen-bond acceptors (Lipinski definition) is 2. The van der Waals surface area contributed by atoms with Crippen LogP contribution in [-0.2, 0) is 6.42 Å². The van der Waals surface area contributed by atoms with Crippen molar-refractivity contribution < 1.29 is 0 Å². The second-order valence-electron chi connectivity index (χ2n) is 4.56. The molecule has 2 heterocycles.